The fourth-order valence-electron chi connectivity index (χ4n) is 5.88. The van der Waals surface area contributed by atoms with Crippen LogP contribution in [0.5, 0.6) is 5.75 Å². The molecule has 0 unspecified atom stereocenters. The number of epoxide rings is 1. The minimum absolute atomic E-state index is 0.143. The number of carbonyl (C=O) groups excluding carboxylic acids is 4. The van der Waals surface area contributed by atoms with E-state index >= 15 is 0 Å². The minimum Gasteiger partial charge on any atom is -0.497 e. The van der Waals surface area contributed by atoms with Gasteiger partial charge in [0, 0.05) is 13.5 Å². The molecule has 1 aliphatic carbocycles. The number of rotatable bonds is 13. The van der Waals surface area contributed by atoms with E-state index in [9.17, 15) is 19.2 Å². The number of methoxy groups -OCH3 is 1. The highest BCUT2D eigenvalue weighted by atomic mass is 16.6. The summed E-state index contributed by atoms with van der Waals surface area (Å²) in [6, 6.07) is 11.9. The van der Waals surface area contributed by atoms with E-state index in [4.69, 9.17) is 9.47 Å². The van der Waals surface area contributed by atoms with Gasteiger partial charge in [-0.1, -0.05) is 49.9 Å². The molecule has 1 saturated carbocycles. The monoisotopic (exact) mass is 603 g/mol. The van der Waals surface area contributed by atoms with Crippen LogP contribution >= 0.6 is 0 Å². The first-order valence-corrected chi connectivity index (χ1v) is 15.2. The Bertz CT molecular complexity index is 1520. The maximum Gasteiger partial charge on any atom is 0.287 e. The number of imidazole rings is 1. The lowest BCUT2D eigenvalue weighted by molar-refractivity contribution is -0.133. The molecule has 1 saturated heterocycles. The van der Waals surface area contributed by atoms with Crippen LogP contribution in [0, 0.1) is 5.92 Å². The van der Waals surface area contributed by atoms with Gasteiger partial charge in [0.15, 0.2) is 11.6 Å². The molecule has 2 aromatic carbocycles. The molecule has 0 spiro atoms. The van der Waals surface area contributed by atoms with Crippen LogP contribution in [0.15, 0.2) is 48.5 Å². The lowest BCUT2D eigenvalue weighted by Crippen LogP contribution is -2.57. The molecule has 44 heavy (non-hydrogen) atoms. The van der Waals surface area contributed by atoms with Crippen LogP contribution in [0.1, 0.15) is 62.1 Å². The standard InChI is InChI=1S/C33H41N5O6/c1-20(34-32(42)29-35-24-11-7-8-12-27(24)38(29)3)30(40)37-26(18-22-13-15-23(43-4)16-14-22)31(41)36-25(17-21-9-5-6-10-21)28(39)33(2)19-44-33/h7-8,11-16,20-21,25-26H,5-6,9-10,17-19H2,1-4H3,(H,34,42)(H,36,41)(H,37,40)/t20-,25+,26+,33+/m1/s1. The quantitative estimate of drug-likeness (QED) is 0.255. The molecule has 2 heterocycles. The summed E-state index contributed by atoms with van der Waals surface area (Å²) in [6.07, 6.45) is 4.98. The van der Waals surface area contributed by atoms with Crippen molar-refractivity contribution in [2.45, 2.75) is 76.1 Å². The lowest BCUT2D eigenvalue weighted by atomic mass is 9.90. The number of aromatic nitrogens is 2. The van der Waals surface area contributed by atoms with E-state index in [1.54, 1.807) is 44.7 Å². The SMILES string of the molecule is COc1ccc(C[C@H](NC(=O)[C@@H](C)NC(=O)c2nc3ccccc3n2C)C(=O)N[C@@H](CC2CCCC2)C(=O)[C@]2(C)CO2)cc1. The van der Waals surface area contributed by atoms with Crippen LogP contribution in [0.2, 0.25) is 0 Å². The molecular weight excluding hydrogens is 562 g/mol. The van der Waals surface area contributed by atoms with Crippen molar-refractivity contribution in [3.05, 3.63) is 59.9 Å². The van der Waals surface area contributed by atoms with Gasteiger partial charge in [-0.05, 0) is 56.0 Å². The number of aryl methyl sites for hydroxylation is 1. The molecule has 5 rings (SSSR count). The molecule has 1 aromatic heterocycles. The second-order valence-corrected chi connectivity index (χ2v) is 12.1. The molecule has 2 fully saturated rings. The fourth-order valence-corrected chi connectivity index (χ4v) is 5.88. The molecule has 3 amide bonds. The van der Waals surface area contributed by atoms with Crippen LogP contribution < -0.4 is 20.7 Å². The number of Topliss-reactive ketones (excluding diaryl/α,β-unsaturated/α-hetero) is 1. The van der Waals surface area contributed by atoms with Crippen LogP contribution in [-0.4, -0.2) is 70.5 Å². The smallest absolute Gasteiger partial charge is 0.287 e. The van der Waals surface area contributed by atoms with E-state index in [0.29, 0.717) is 30.2 Å². The molecule has 3 N–H and O–H groups in total. The van der Waals surface area contributed by atoms with Crippen molar-refractivity contribution in [1.29, 1.82) is 0 Å². The number of nitrogens with one attached hydrogen (secondary N) is 3. The molecule has 234 valence electrons. The van der Waals surface area contributed by atoms with Crippen molar-refractivity contribution in [1.82, 2.24) is 25.5 Å². The summed E-state index contributed by atoms with van der Waals surface area (Å²) in [5.74, 6) is -0.484. The van der Waals surface area contributed by atoms with E-state index in [0.717, 1.165) is 36.8 Å². The van der Waals surface area contributed by atoms with E-state index in [2.05, 4.69) is 20.9 Å². The highest BCUT2D eigenvalue weighted by Gasteiger charge is 2.50. The summed E-state index contributed by atoms with van der Waals surface area (Å²) in [6.45, 7) is 3.63. The number of hydrogen-bond acceptors (Lipinski definition) is 7. The van der Waals surface area contributed by atoms with E-state index in [1.807, 2.05) is 36.4 Å². The maximum atomic E-state index is 13.8. The van der Waals surface area contributed by atoms with Crippen LogP contribution in [0.25, 0.3) is 11.0 Å². The third-order valence-electron chi connectivity index (χ3n) is 8.74. The molecule has 0 bridgehead atoms. The zero-order valence-corrected chi connectivity index (χ0v) is 25.7. The number of para-hydroxylation sites is 2. The Balaban J connectivity index is 1.31. The van der Waals surface area contributed by atoms with Crippen molar-refractivity contribution in [2.75, 3.05) is 13.7 Å². The predicted octanol–water partition coefficient (Wildman–Crippen LogP) is 2.85. The number of nitrogens with zero attached hydrogens (tertiary/aromatic N) is 2. The third-order valence-corrected chi connectivity index (χ3v) is 8.74. The highest BCUT2D eigenvalue weighted by molar-refractivity contribution is 6.00. The molecule has 2 aliphatic rings. The van der Waals surface area contributed by atoms with Crippen molar-refractivity contribution in [3.63, 3.8) is 0 Å². The summed E-state index contributed by atoms with van der Waals surface area (Å²) in [5, 5.41) is 8.48. The summed E-state index contributed by atoms with van der Waals surface area (Å²) in [4.78, 5) is 58.1. The minimum atomic E-state index is -1.00. The van der Waals surface area contributed by atoms with E-state index < -0.39 is 41.4 Å². The first-order valence-electron chi connectivity index (χ1n) is 15.2. The molecule has 4 atom stereocenters. The van der Waals surface area contributed by atoms with Crippen molar-refractivity contribution in [3.8, 4) is 5.75 Å². The molecule has 11 heteroatoms. The zero-order chi connectivity index (χ0) is 31.4. The average molecular weight is 604 g/mol. The van der Waals surface area contributed by atoms with Gasteiger partial charge in [0.05, 0.1) is 30.8 Å². The van der Waals surface area contributed by atoms with Gasteiger partial charge in [-0.25, -0.2) is 4.98 Å². The van der Waals surface area contributed by atoms with Crippen molar-refractivity contribution >= 4 is 34.5 Å². The van der Waals surface area contributed by atoms with Gasteiger partial charge in [0.1, 0.15) is 23.4 Å². The fraction of sp³-hybridized carbons (Fsp3) is 0.485. The van der Waals surface area contributed by atoms with E-state index in [1.165, 1.54) is 0 Å². The first kappa shape index (κ1) is 31.2. The van der Waals surface area contributed by atoms with Crippen LogP contribution in [-0.2, 0) is 32.6 Å². The van der Waals surface area contributed by atoms with Gasteiger partial charge >= 0.3 is 0 Å². The number of ketones is 1. The van der Waals surface area contributed by atoms with Gasteiger partial charge in [-0.15, -0.1) is 0 Å². The van der Waals surface area contributed by atoms with Gasteiger partial charge < -0.3 is 30.0 Å². The normalized spacial score (nSPS) is 20.0. The van der Waals surface area contributed by atoms with Crippen LogP contribution in [0.4, 0.5) is 0 Å². The third kappa shape index (κ3) is 7.10. The second kappa shape index (κ2) is 13.2. The zero-order valence-electron chi connectivity index (χ0n) is 25.7. The number of fused-ring (bicyclic) bond motifs is 1. The second-order valence-electron chi connectivity index (χ2n) is 12.1. The Hall–Kier alpha value is -4.25. The Kier molecular flexibility index (Phi) is 9.33. The number of hydrogen-bond donors (Lipinski definition) is 3. The largest absolute Gasteiger partial charge is 0.497 e. The Labute approximate surface area is 257 Å². The topological polar surface area (TPSA) is 144 Å². The maximum absolute atomic E-state index is 13.8. The Morgan fingerprint density at radius 3 is 2.30 bits per heavy atom. The number of benzene rings is 2. The molecular formula is C33H41N5O6. The summed E-state index contributed by atoms with van der Waals surface area (Å²) in [7, 11) is 3.31. The number of amides is 3. The number of ether oxygens (including phenoxy) is 2. The van der Waals surface area contributed by atoms with Gasteiger partial charge in [0.25, 0.3) is 5.91 Å². The lowest BCUT2D eigenvalue weighted by Gasteiger charge is -2.26. The molecule has 1 aliphatic heterocycles. The van der Waals surface area contributed by atoms with Crippen molar-refractivity contribution in [2.24, 2.45) is 13.0 Å². The Morgan fingerprint density at radius 2 is 1.66 bits per heavy atom. The van der Waals surface area contributed by atoms with Gasteiger partial charge in [-0.2, -0.15) is 0 Å². The summed E-state index contributed by atoms with van der Waals surface area (Å²) in [5.41, 5.74) is 1.36. The van der Waals surface area contributed by atoms with Crippen molar-refractivity contribution < 1.29 is 28.7 Å². The first-order chi connectivity index (χ1) is 21.1. The summed E-state index contributed by atoms with van der Waals surface area (Å²) < 4.78 is 12.4. The van der Waals surface area contributed by atoms with Crippen LogP contribution in [0.3, 0.4) is 0 Å². The number of carbonyl (C=O) groups is 4. The van der Waals surface area contributed by atoms with E-state index in [-0.39, 0.29) is 18.0 Å². The highest BCUT2D eigenvalue weighted by Crippen LogP contribution is 2.33. The van der Waals surface area contributed by atoms with Gasteiger partial charge in [0.2, 0.25) is 11.8 Å². The molecule has 11 nitrogen and oxygen atoms in total. The molecule has 0 radical (unpaired) electrons. The van der Waals surface area contributed by atoms with Gasteiger partial charge in [-0.3, -0.25) is 19.2 Å². The predicted molar refractivity (Wildman–Crippen MR) is 164 cm³/mol. The summed E-state index contributed by atoms with van der Waals surface area (Å²) >= 11 is 0. The Morgan fingerprint density at radius 1 is 1.00 bits per heavy atom. The molecule has 3 aromatic rings. The average Bonchev–Trinajstić information content (AvgIpc) is 3.40.